The molecule has 0 unspecified atom stereocenters. The van der Waals surface area contributed by atoms with Gasteiger partial charge in [-0.1, -0.05) is 0 Å². The van der Waals surface area contributed by atoms with E-state index in [1.54, 1.807) is 6.07 Å². The predicted molar refractivity (Wildman–Crippen MR) is 139 cm³/mol. The highest BCUT2D eigenvalue weighted by Gasteiger charge is 2.39. The number of benzene rings is 1. The summed E-state index contributed by atoms with van der Waals surface area (Å²) in [6.45, 7) is 3.69. The molecule has 2 aliphatic heterocycles. The van der Waals surface area contributed by atoms with E-state index in [0.29, 0.717) is 28.1 Å². The van der Waals surface area contributed by atoms with Crippen molar-refractivity contribution in [3.63, 3.8) is 0 Å². The second-order valence-electron chi connectivity index (χ2n) is 9.69. The summed E-state index contributed by atoms with van der Waals surface area (Å²) < 4.78 is 38.3. The standard InChI is InChI=1S/C24H20ClF2N7O4S/c1-24(2)9-30-17-15-13(39-18(17)20(35)33-24)4-3-11-16(15)28-6-14(31-11)38-21-10(5-29-22(25)32-21)7-34-12(19(26)27)8-37-23(34)36/h3-6,12,19,30H,7-9H2,1-2H3,(H,33,35)/t12-/m0/s1. The summed E-state index contributed by atoms with van der Waals surface area (Å²) in [6.07, 6.45) is -0.999. The maximum atomic E-state index is 13.4. The molecule has 1 fully saturated rings. The average molecular weight is 576 g/mol. The Kier molecular flexibility index (Phi) is 6.10. The number of amides is 2. The zero-order chi connectivity index (χ0) is 27.5. The smallest absolute Gasteiger partial charge is 0.410 e. The normalized spacial score (nSPS) is 18.6. The molecule has 6 rings (SSSR count). The van der Waals surface area contributed by atoms with Crippen LogP contribution >= 0.6 is 22.9 Å². The molecule has 0 radical (unpaired) electrons. The van der Waals surface area contributed by atoms with E-state index in [2.05, 4.69) is 30.6 Å². The molecule has 5 heterocycles. The van der Waals surface area contributed by atoms with Crippen LogP contribution in [0.4, 0.5) is 19.3 Å². The van der Waals surface area contributed by atoms with Crippen LogP contribution in [-0.4, -0.2) is 68.0 Å². The van der Waals surface area contributed by atoms with Gasteiger partial charge in [-0.25, -0.2) is 28.5 Å². The number of anilines is 1. The lowest BCUT2D eigenvalue weighted by atomic mass is 10.1. The number of alkyl halides is 2. The van der Waals surface area contributed by atoms with Crippen LogP contribution in [0.3, 0.4) is 0 Å². The number of hydrogen-bond donors (Lipinski definition) is 2. The monoisotopic (exact) mass is 575 g/mol. The molecule has 2 aliphatic rings. The minimum absolute atomic E-state index is 0.0560. The van der Waals surface area contributed by atoms with Crippen molar-refractivity contribution in [3.8, 4) is 11.8 Å². The van der Waals surface area contributed by atoms with E-state index in [1.165, 1.54) is 23.7 Å². The molecule has 1 atom stereocenters. The Morgan fingerprint density at radius 3 is 2.87 bits per heavy atom. The first-order chi connectivity index (χ1) is 18.6. The molecule has 3 aromatic heterocycles. The third-order valence-electron chi connectivity index (χ3n) is 6.35. The number of fused-ring (bicyclic) bond motifs is 5. The van der Waals surface area contributed by atoms with Crippen LogP contribution in [0.15, 0.2) is 24.5 Å². The first kappa shape index (κ1) is 25.4. The van der Waals surface area contributed by atoms with Gasteiger partial charge < -0.3 is 20.1 Å². The largest absolute Gasteiger partial charge is 0.447 e. The fraction of sp³-hybridized carbons (Fsp3) is 0.333. The topological polar surface area (TPSA) is 131 Å². The van der Waals surface area contributed by atoms with E-state index in [0.717, 1.165) is 15.0 Å². The number of carbonyl (C=O) groups is 2. The highest BCUT2D eigenvalue weighted by molar-refractivity contribution is 7.21. The summed E-state index contributed by atoms with van der Waals surface area (Å²) in [5.41, 5.74) is 1.55. The van der Waals surface area contributed by atoms with Crippen molar-refractivity contribution in [2.45, 2.75) is 38.4 Å². The molecule has 1 saturated heterocycles. The highest BCUT2D eigenvalue weighted by Crippen LogP contribution is 2.41. The Balaban J connectivity index is 1.35. The van der Waals surface area contributed by atoms with E-state index in [4.69, 9.17) is 21.1 Å². The van der Waals surface area contributed by atoms with Crippen LogP contribution in [0, 0.1) is 0 Å². The third-order valence-corrected chi connectivity index (χ3v) is 7.68. The Morgan fingerprint density at radius 2 is 2.08 bits per heavy atom. The zero-order valence-electron chi connectivity index (χ0n) is 20.5. The van der Waals surface area contributed by atoms with Crippen LogP contribution in [0.5, 0.6) is 11.8 Å². The SMILES string of the molecule is CC1(C)CNc2c(sc3ccc4nc(Oc5nc(Cl)ncc5CN5C(=O)OC[C@H]5C(F)F)cnc4c23)C(=O)N1. The van der Waals surface area contributed by atoms with Gasteiger partial charge >= 0.3 is 6.09 Å². The first-order valence-electron chi connectivity index (χ1n) is 11.8. The van der Waals surface area contributed by atoms with Gasteiger partial charge in [0.05, 0.1) is 40.6 Å². The van der Waals surface area contributed by atoms with Gasteiger partial charge in [0.1, 0.15) is 17.5 Å². The second-order valence-corrected chi connectivity index (χ2v) is 11.1. The molecule has 1 aromatic carbocycles. The second kappa shape index (κ2) is 9.38. The van der Waals surface area contributed by atoms with Gasteiger partial charge in [-0.3, -0.25) is 9.69 Å². The number of hydrogen-bond acceptors (Lipinski definition) is 10. The van der Waals surface area contributed by atoms with Gasteiger partial charge in [0.25, 0.3) is 12.3 Å². The predicted octanol–water partition coefficient (Wildman–Crippen LogP) is 4.60. The van der Waals surface area contributed by atoms with E-state index in [-0.39, 0.29) is 35.1 Å². The Bertz CT molecular complexity index is 1650. The van der Waals surface area contributed by atoms with Gasteiger partial charge in [0.15, 0.2) is 0 Å². The fourth-order valence-electron chi connectivity index (χ4n) is 4.45. The average Bonchev–Trinajstić information content (AvgIpc) is 3.41. The van der Waals surface area contributed by atoms with Crippen molar-refractivity contribution in [1.29, 1.82) is 0 Å². The minimum Gasteiger partial charge on any atom is -0.447 e. The molecule has 15 heteroatoms. The Morgan fingerprint density at radius 1 is 1.26 bits per heavy atom. The van der Waals surface area contributed by atoms with Crippen molar-refractivity contribution in [3.05, 3.63) is 40.3 Å². The summed E-state index contributed by atoms with van der Waals surface area (Å²) >= 11 is 7.33. The molecule has 0 bridgehead atoms. The van der Waals surface area contributed by atoms with E-state index in [9.17, 15) is 18.4 Å². The molecule has 39 heavy (non-hydrogen) atoms. The summed E-state index contributed by atoms with van der Waals surface area (Å²) in [4.78, 5) is 43.4. The van der Waals surface area contributed by atoms with E-state index in [1.807, 2.05) is 19.9 Å². The molecule has 0 spiro atoms. The van der Waals surface area contributed by atoms with Crippen molar-refractivity contribution < 1.29 is 27.8 Å². The van der Waals surface area contributed by atoms with Crippen molar-refractivity contribution in [2.24, 2.45) is 0 Å². The number of rotatable bonds is 5. The Labute approximate surface area is 228 Å². The molecule has 11 nitrogen and oxygen atoms in total. The summed E-state index contributed by atoms with van der Waals surface area (Å²) in [5, 5.41) is 7.03. The van der Waals surface area contributed by atoms with Crippen molar-refractivity contribution in [1.82, 2.24) is 30.2 Å². The van der Waals surface area contributed by atoms with Crippen LogP contribution in [-0.2, 0) is 11.3 Å². The number of thiophene rings is 1. The highest BCUT2D eigenvalue weighted by atomic mass is 35.5. The molecule has 202 valence electrons. The molecule has 0 aliphatic carbocycles. The number of ether oxygens (including phenoxy) is 2. The third kappa shape index (κ3) is 4.63. The summed E-state index contributed by atoms with van der Waals surface area (Å²) in [5.74, 6) is -0.172. The lowest BCUT2D eigenvalue weighted by molar-refractivity contribution is 0.0572. The molecule has 4 aromatic rings. The first-order valence-corrected chi connectivity index (χ1v) is 13.0. The number of nitrogens with one attached hydrogen (secondary N) is 2. The van der Waals surface area contributed by atoms with Gasteiger partial charge in [0, 0.05) is 22.8 Å². The maximum absolute atomic E-state index is 13.4. The van der Waals surface area contributed by atoms with E-state index >= 15 is 0 Å². The van der Waals surface area contributed by atoms with Gasteiger partial charge in [-0.05, 0) is 37.6 Å². The lowest BCUT2D eigenvalue weighted by Crippen LogP contribution is -2.46. The molecular weight excluding hydrogens is 556 g/mol. The van der Waals surface area contributed by atoms with Crippen molar-refractivity contribution >= 4 is 61.7 Å². The van der Waals surface area contributed by atoms with Crippen LogP contribution in [0.25, 0.3) is 21.1 Å². The zero-order valence-corrected chi connectivity index (χ0v) is 22.1. The number of cyclic esters (lactones) is 1. The number of nitrogens with zero attached hydrogens (tertiary/aromatic N) is 5. The van der Waals surface area contributed by atoms with E-state index < -0.39 is 30.7 Å². The van der Waals surface area contributed by atoms with Gasteiger partial charge in [0.2, 0.25) is 17.0 Å². The minimum atomic E-state index is -2.80. The maximum Gasteiger partial charge on any atom is 0.410 e. The molecule has 0 saturated carbocycles. The van der Waals surface area contributed by atoms with Gasteiger partial charge in [-0.2, -0.15) is 4.98 Å². The van der Waals surface area contributed by atoms with Gasteiger partial charge in [-0.15, -0.1) is 11.3 Å². The van der Waals surface area contributed by atoms with Crippen LogP contribution < -0.4 is 15.4 Å². The summed E-state index contributed by atoms with van der Waals surface area (Å²) in [7, 11) is 0. The molecule has 2 amide bonds. The quantitative estimate of drug-likeness (QED) is 0.328. The molecule has 2 N–H and O–H groups in total. The van der Waals surface area contributed by atoms with Crippen LogP contribution in [0.2, 0.25) is 5.28 Å². The lowest BCUT2D eigenvalue weighted by Gasteiger charge is -2.23. The van der Waals surface area contributed by atoms with Crippen LogP contribution in [0.1, 0.15) is 29.1 Å². The number of carbonyl (C=O) groups excluding carboxylic acids is 2. The molecular formula is C24H20ClF2N7O4S. The number of aromatic nitrogens is 4. The number of halogens is 3. The Hall–Kier alpha value is -3.91. The van der Waals surface area contributed by atoms with Crippen molar-refractivity contribution in [2.75, 3.05) is 18.5 Å². The summed E-state index contributed by atoms with van der Waals surface area (Å²) in [6, 6.07) is 2.20. The fourth-order valence-corrected chi connectivity index (χ4v) is 5.65.